The number of fused-ring (bicyclic) bond motifs is 3. The lowest BCUT2D eigenvalue weighted by molar-refractivity contribution is -0.118. The smallest absolute Gasteiger partial charge is 0.274 e. The lowest BCUT2D eigenvalue weighted by atomic mass is 9.98. The summed E-state index contributed by atoms with van der Waals surface area (Å²) in [4.78, 5) is 39.2. The molecule has 224 valence electrons. The number of hydrogen-bond donors (Lipinski definition) is 3. The second-order valence-electron chi connectivity index (χ2n) is 10.7. The molecule has 13 heteroatoms. The van der Waals surface area contributed by atoms with Crippen molar-refractivity contribution in [3.8, 4) is 11.1 Å². The lowest BCUT2D eigenvalue weighted by Crippen LogP contribution is -2.49. The number of aromatic amines is 1. The molecule has 0 saturated carbocycles. The number of unbranched alkanes of at least 4 members (excludes halogenated alkanes) is 1. The first-order chi connectivity index (χ1) is 20.7. The van der Waals surface area contributed by atoms with Crippen molar-refractivity contribution in [3.05, 3.63) is 64.3 Å². The monoisotopic (exact) mass is 606 g/mol. The van der Waals surface area contributed by atoms with Crippen LogP contribution in [0.2, 0.25) is 0 Å². The molecular weight excluding hydrogens is 574 g/mol. The number of aromatic nitrogens is 3. The first-order valence-electron chi connectivity index (χ1n) is 14.3. The maximum atomic E-state index is 15.4. The van der Waals surface area contributed by atoms with Crippen molar-refractivity contribution in [2.24, 2.45) is 12.8 Å². The number of nitrogens with zero attached hydrogens (tertiary/aromatic N) is 5. The lowest BCUT2D eigenvalue weighted by Gasteiger charge is -2.39. The number of amides is 1. The fourth-order valence-corrected chi connectivity index (χ4v) is 6.30. The minimum absolute atomic E-state index is 0.0501. The van der Waals surface area contributed by atoms with Gasteiger partial charge in [-0.05, 0) is 56.2 Å². The molecule has 4 aromatic rings. The summed E-state index contributed by atoms with van der Waals surface area (Å²) in [5.74, 6) is -1.75. The molecule has 0 saturated heterocycles. The molecule has 0 aliphatic carbocycles. The van der Waals surface area contributed by atoms with Crippen molar-refractivity contribution in [3.63, 3.8) is 0 Å². The highest BCUT2D eigenvalue weighted by atomic mass is 32.1. The fraction of sp³-hybridized carbons (Fsp3) is 0.333. The summed E-state index contributed by atoms with van der Waals surface area (Å²) in [6.07, 6.45) is 6.19. The van der Waals surface area contributed by atoms with Gasteiger partial charge in [0.15, 0.2) is 16.7 Å². The van der Waals surface area contributed by atoms with Crippen LogP contribution in [-0.2, 0) is 18.4 Å². The maximum absolute atomic E-state index is 15.4. The van der Waals surface area contributed by atoms with Gasteiger partial charge in [0.2, 0.25) is 5.91 Å². The van der Waals surface area contributed by atoms with Gasteiger partial charge in [0.05, 0.1) is 29.8 Å². The number of aryl methyl sites for hydroxylation is 1. The predicted octanol–water partition coefficient (Wildman–Crippen LogP) is 4.03. The SMILES string of the molecule is CCNC(=S)N1CCN(C(=O)CCCCN)c2cc3c(cc21)-c1cn(C)c(=O)c2[nH]cc(c12)CN3c1ncc(F)cc1F. The number of nitrogens with one attached hydrogen (secondary N) is 2. The van der Waals surface area contributed by atoms with E-state index < -0.39 is 11.6 Å². The van der Waals surface area contributed by atoms with E-state index in [-0.39, 0.29) is 23.8 Å². The Morgan fingerprint density at radius 3 is 2.63 bits per heavy atom. The Kier molecular flexibility index (Phi) is 7.61. The van der Waals surface area contributed by atoms with Crippen LogP contribution in [0.1, 0.15) is 31.7 Å². The van der Waals surface area contributed by atoms with Crippen LogP contribution < -0.4 is 31.3 Å². The highest BCUT2D eigenvalue weighted by molar-refractivity contribution is 7.80. The molecule has 0 atom stereocenters. The second-order valence-corrected chi connectivity index (χ2v) is 11.1. The molecule has 0 bridgehead atoms. The fourth-order valence-electron chi connectivity index (χ4n) is 5.96. The summed E-state index contributed by atoms with van der Waals surface area (Å²) in [7, 11) is 1.68. The Hall–Kier alpha value is -4.36. The molecule has 0 unspecified atom stereocenters. The Morgan fingerprint density at radius 2 is 1.88 bits per heavy atom. The van der Waals surface area contributed by atoms with Crippen LogP contribution in [0.25, 0.3) is 22.0 Å². The molecule has 4 N–H and O–H groups in total. The van der Waals surface area contributed by atoms with Crippen LogP contribution in [0.15, 0.2) is 41.6 Å². The van der Waals surface area contributed by atoms with Crippen LogP contribution >= 0.6 is 12.2 Å². The van der Waals surface area contributed by atoms with Gasteiger partial charge in [0, 0.05) is 68.1 Å². The standard InChI is InChI=1S/C30H32F2N8O2S/c1-3-34-30(43)39-9-8-38(25(41)6-4-5-7-33)24-12-22-19(11-23(24)39)20-16-37(2)29(42)27-26(20)17(13-35-27)15-40(22)28-21(32)10-18(31)14-36-28/h10-14,16,35H,3-9,15,33H2,1-2H3,(H,34,43). The van der Waals surface area contributed by atoms with Crippen molar-refractivity contribution in [2.45, 2.75) is 32.7 Å². The molecule has 10 nitrogen and oxygen atoms in total. The molecule has 0 fully saturated rings. The number of hydrogen-bond acceptors (Lipinski definition) is 6. The first-order valence-corrected chi connectivity index (χ1v) is 14.7. The van der Waals surface area contributed by atoms with Gasteiger partial charge in [0.1, 0.15) is 11.3 Å². The van der Waals surface area contributed by atoms with E-state index in [2.05, 4.69) is 15.3 Å². The van der Waals surface area contributed by atoms with Gasteiger partial charge in [-0.3, -0.25) is 9.59 Å². The van der Waals surface area contributed by atoms with E-state index in [1.807, 2.05) is 24.0 Å². The van der Waals surface area contributed by atoms with Crippen molar-refractivity contribution < 1.29 is 13.6 Å². The zero-order valence-electron chi connectivity index (χ0n) is 23.9. The molecule has 0 spiro atoms. The van der Waals surface area contributed by atoms with Gasteiger partial charge in [0.25, 0.3) is 5.56 Å². The van der Waals surface area contributed by atoms with Crippen molar-refractivity contribution >= 4 is 57.0 Å². The average molecular weight is 607 g/mol. The topological polar surface area (TPSA) is 116 Å². The zero-order chi connectivity index (χ0) is 30.4. The van der Waals surface area contributed by atoms with Crippen LogP contribution in [0, 0.1) is 11.6 Å². The minimum atomic E-state index is -0.832. The van der Waals surface area contributed by atoms with E-state index in [9.17, 15) is 14.0 Å². The van der Waals surface area contributed by atoms with Crippen molar-refractivity contribution in [2.75, 3.05) is 40.9 Å². The van der Waals surface area contributed by atoms with E-state index in [4.69, 9.17) is 18.0 Å². The third-order valence-corrected chi connectivity index (χ3v) is 8.35. The molecule has 3 aromatic heterocycles. The van der Waals surface area contributed by atoms with Crippen molar-refractivity contribution in [1.29, 1.82) is 0 Å². The Morgan fingerprint density at radius 1 is 1.12 bits per heavy atom. The van der Waals surface area contributed by atoms with E-state index in [1.165, 1.54) is 4.57 Å². The summed E-state index contributed by atoms with van der Waals surface area (Å²) >= 11 is 5.74. The van der Waals surface area contributed by atoms with Crippen LogP contribution in [0.4, 0.5) is 31.7 Å². The van der Waals surface area contributed by atoms with Gasteiger partial charge >= 0.3 is 0 Å². The molecule has 43 heavy (non-hydrogen) atoms. The van der Waals surface area contributed by atoms with Crippen LogP contribution in [-0.4, -0.2) is 51.7 Å². The second kappa shape index (κ2) is 11.4. The number of carbonyl (C=O) groups is 1. The quantitative estimate of drug-likeness (QED) is 0.223. The van der Waals surface area contributed by atoms with Crippen LogP contribution in [0.3, 0.4) is 0 Å². The Balaban J connectivity index is 1.63. The number of pyridine rings is 2. The van der Waals surface area contributed by atoms with E-state index in [1.54, 1.807) is 29.2 Å². The predicted molar refractivity (Wildman–Crippen MR) is 168 cm³/mol. The maximum Gasteiger partial charge on any atom is 0.274 e. The molecule has 2 aliphatic rings. The molecule has 1 amide bonds. The zero-order valence-corrected chi connectivity index (χ0v) is 24.7. The Bertz CT molecular complexity index is 1820. The summed E-state index contributed by atoms with van der Waals surface area (Å²) in [6.45, 7) is 4.09. The molecule has 1 aromatic carbocycles. The molecule has 0 radical (unpaired) electrons. The highest BCUT2D eigenvalue weighted by Crippen LogP contribution is 2.49. The largest absolute Gasteiger partial charge is 0.363 e. The number of rotatable bonds is 6. The number of benzene rings is 1. The molecule has 6 rings (SSSR count). The Labute approximate surface area is 252 Å². The molecule has 5 heterocycles. The molecule has 2 aliphatic heterocycles. The third kappa shape index (κ3) is 4.91. The van der Waals surface area contributed by atoms with Crippen LogP contribution in [0.5, 0.6) is 0 Å². The molecular formula is C30H32F2N8O2S. The van der Waals surface area contributed by atoms with Gasteiger partial charge in [-0.1, -0.05) is 0 Å². The van der Waals surface area contributed by atoms with Gasteiger partial charge in [-0.25, -0.2) is 13.8 Å². The average Bonchev–Trinajstić information content (AvgIpc) is 3.36. The number of carbonyl (C=O) groups excluding carboxylic acids is 1. The van der Waals surface area contributed by atoms with Gasteiger partial charge in [-0.15, -0.1) is 0 Å². The summed E-state index contributed by atoms with van der Waals surface area (Å²) in [5.41, 5.74) is 9.95. The summed E-state index contributed by atoms with van der Waals surface area (Å²) in [6, 6.07) is 4.58. The number of nitrogens with two attached hydrogens (primary N) is 1. The number of halogens is 2. The normalized spacial score (nSPS) is 14.0. The highest BCUT2D eigenvalue weighted by Gasteiger charge is 2.34. The third-order valence-electron chi connectivity index (χ3n) is 7.98. The summed E-state index contributed by atoms with van der Waals surface area (Å²) in [5, 5.41) is 4.44. The number of H-pyrrole nitrogens is 1. The van der Waals surface area contributed by atoms with E-state index in [0.717, 1.165) is 29.8 Å². The number of thiocarbonyl (C=S) groups is 1. The number of anilines is 4. The van der Waals surface area contributed by atoms with E-state index >= 15 is 4.39 Å². The van der Waals surface area contributed by atoms with E-state index in [0.29, 0.717) is 77.7 Å². The summed E-state index contributed by atoms with van der Waals surface area (Å²) < 4.78 is 30.9. The van der Waals surface area contributed by atoms with Crippen molar-refractivity contribution in [1.82, 2.24) is 19.9 Å². The first kappa shape index (κ1) is 28.7. The van der Waals surface area contributed by atoms with Gasteiger partial charge < -0.3 is 35.3 Å². The van der Waals surface area contributed by atoms with Gasteiger partial charge in [-0.2, -0.15) is 0 Å². The minimum Gasteiger partial charge on any atom is -0.363 e.